The summed E-state index contributed by atoms with van der Waals surface area (Å²) in [5.74, 6) is -5.46. The summed E-state index contributed by atoms with van der Waals surface area (Å²) < 4.78 is 18.2. The van der Waals surface area contributed by atoms with Crippen molar-refractivity contribution in [3.8, 4) is 0 Å². The van der Waals surface area contributed by atoms with Crippen molar-refractivity contribution in [1.82, 2.24) is 68.2 Å². The first kappa shape index (κ1) is 69.6. The van der Waals surface area contributed by atoms with Crippen LogP contribution in [0.3, 0.4) is 0 Å². The summed E-state index contributed by atoms with van der Waals surface area (Å²) in [6.45, 7) is 5.83. The Morgan fingerprint density at radius 3 is 2.14 bits per heavy atom. The van der Waals surface area contributed by atoms with Crippen molar-refractivity contribution >= 4 is 76.9 Å². The lowest BCUT2D eigenvalue weighted by Crippen LogP contribution is -2.59. The van der Waals surface area contributed by atoms with E-state index in [1.807, 2.05) is 25.6 Å². The number of hydrogen-bond acceptors (Lipinski definition) is 18. The molecular formula is C52H90N18O13S. The number of aliphatic imine (C=N–C) groups is 1. The molecule has 4 heterocycles. The Kier molecular flexibility index (Phi) is 31.6. The van der Waals surface area contributed by atoms with Gasteiger partial charge in [0.15, 0.2) is 5.96 Å². The maximum absolute atomic E-state index is 14.4. The highest BCUT2D eigenvalue weighted by atomic mass is 32.2. The third-order valence-electron chi connectivity index (χ3n) is 13.8. The molecule has 4 rings (SSSR count). The number of fused-ring (bicyclic) bond motifs is 3. The predicted molar refractivity (Wildman–Crippen MR) is 309 cm³/mol. The Labute approximate surface area is 493 Å². The van der Waals surface area contributed by atoms with Gasteiger partial charge in [-0.05, 0) is 90.0 Å². The van der Waals surface area contributed by atoms with Gasteiger partial charge in [-0.15, -0.1) is 5.10 Å². The Balaban J connectivity index is 1.39. The van der Waals surface area contributed by atoms with Gasteiger partial charge in [-0.2, -0.15) is 11.8 Å². The second-order valence-electron chi connectivity index (χ2n) is 21.3. The number of urea groups is 1. The van der Waals surface area contributed by atoms with Crippen LogP contribution in [0, 0.1) is 5.92 Å². The van der Waals surface area contributed by atoms with Gasteiger partial charge in [0.25, 0.3) is 0 Å². The summed E-state index contributed by atoms with van der Waals surface area (Å²) in [5, 5.41) is 35.9. The number of aromatic nitrogens is 3. The van der Waals surface area contributed by atoms with Crippen LogP contribution >= 0.6 is 11.8 Å². The lowest BCUT2D eigenvalue weighted by atomic mass is 10.0. The second-order valence-corrected chi connectivity index (χ2v) is 22.6. The minimum absolute atomic E-state index is 0.0103. The molecule has 1 aromatic heterocycles. The van der Waals surface area contributed by atoms with Gasteiger partial charge in [0, 0.05) is 49.7 Å². The third kappa shape index (κ3) is 26.8. The van der Waals surface area contributed by atoms with Gasteiger partial charge in [-0.25, -0.2) is 4.79 Å². The molecule has 0 spiro atoms. The van der Waals surface area contributed by atoms with Crippen molar-refractivity contribution in [1.29, 1.82) is 0 Å². The van der Waals surface area contributed by atoms with Crippen LogP contribution in [0.2, 0.25) is 0 Å². The first-order valence-electron chi connectivity index (χ1n) is 28.9. The predicted octanol–water partition coefficient (Wildman–Crippen LogP) is -4.34. The molecule has 32 heteroatoms. The lowest BCUT2D eigenvalue weighted by molar-refractivity contribution is -0.135. The van der Waals surface area contributed by atoms with Crippen molar-refractivity contribution in [2.75, 3.05) is 71.6 Å². The molecule has 0 aromatic carbocycles. The highest BCUT2D eigenvalue weighted by Crippen LogP contribution is 2.33. The molecule has 3 aliphatic heterocycles. The largest absolute Gasteiger partial charge is 0.377 e. The molecule has 18 N–H and O–H groups in total. The highest BCUT2D eigenvalue weighted by molar-refractivity contribution is 8.00. The van der Waals surface area contributed by atoms with Crippen LogP contribution < -0.4 is 76.1 Å². The average molecular weight is 1210 g/mol. The van der Waals surface area contributed by atoms with Crippen molar-refractivity contribution in [2.45, 2.75) is 171 Å². The Bertz CT molecular complexity index is 2340. The SMILES string of the molecule is CC(C)C[C@@H]1NC(=O)[C@H](CCCN=C(N)N)NC(=O)[C@H](CCCCN)NC(=O)[C@@H](NC(=O)COCCOCCOCCNC(=O)CCCCC2SC[C@H]3NC(=O)N[C@@H]23)Cc2cn(nn2)CCCC[C@@H](C(N)=O)NC(=O)[C@H](C)NC(=O)CNC1=O. The molecule has 472 valence electrons. The molecule has 84 heavy (non-hydrogen) atoms. The van der Waals surface area contributed by atoms with Crippen molar-refractivity contribution in [3.05, 3.63) is 11.9 Å². The number of aryl methyl sites for hydroxylation is 1. The second kappa shape index (κ2) is 38.1. The molecule has 9 atom stereocenters. The van der Waals surface area contributed by atoms with E-state index in [-0.39, 0.29) is 126 Å². The molecule has 11 amide bonds. The minimum atomic E-state index is -1.33. The fourth-order valence-corrected chi connectivity index (χ4v) is 10.9. The fraction of sp³-hybridized carbons (Fsp3) is 0.750. The molecule has 1 aromatic rings. The third-order valence-corrected chi connectivity index (χ3v) is 15.3. The fourth-order valence-electron chi connectivity index (χ4n) is 9.33. The van der Waals surface area contributed by atoms with Gasteiger partial charge in [0.2, 0.25) is 53.2 Å². The number of nitrogens with two attached hydrogens (primary N) is 4. The van der Waals surface area contributed by atoms with Crippen LogP contribution in [0.5, 0.6) is 0 Å². The number of rotatable bonds is 28. The number of guanidine groups is 1. The number of ether oxygens (including phenoxy) is 3. The quantitative estimate of drug-likeness (QED) is 0.0163. The zero-order valence-corrected chi connectivity index (χ0v) is 49.4. The number of nitrogens with one attached hydrogen (secondary N) is 10. The number of thioether (sulfide) groups is 1. The van der Waals surface area contributed by atoms with Crippen LogP contribution in [0.15, 0.2) is 11.2 Å². The molecule has 3 aliphatic rings. The van der Waals surface area contributed by atoms with E-state index >= 15 is 0 Å². The summed E-state index contributed by atoms with van der Waals surface area (Å²) in [4.78, 5) is 136. The number of carbonyl (C=O) groups is 10. The first-order chi connectivity index (χ1) is 40.2. The van der Waals surface area contributed by atoms with Gasteiger partial charge in [0.05, 0.1) is 57.4 Å². The number of carbonyl (C=O) groups excluding carboxylic acids is 10. The molecule has 0 saturated carbocycles. The van der Waals surface area contributed by atoms with Crippen LogP contribution in [-0.4, -0.2) is 205 Å². The van der Waals surface area contributed by atoms with E-state index in [0.29, 0.717) is 50.4 Å². The van der Waals surface area contributed by atoms with Gasteiger partial charge in [0.1, 0.15) is 42.9 Å². The highest BCUT2D eigenvalue weighted by Gasteiger charge is 2.42. The topological polar surface area (TPSA) is 466 Å². The van der Waals surface area contributed by atoms with Gasteiger partial charge in [-0.3, -0.25) is 52.8 Å². The van der Waals surface area contributed by atoms with E-state index in [1.165, 1.54) is 11.6 Å². The van der Waals surface area contributed by atoms with E-state index in [9.17, 15) is 47.9 Å². The summed E-state index contributed by atoms with van der Waals surface area (Å²) in [6, 6.07) is -7.10. The van der Waals surface area contributed by atoms with Crippen LogP contribution in [0.1, 0.15) is 110 Å². The van der Waals surface area contributed by atoms with Crippen molar-refractivity contribution in [2.24, 2.45) is 33.8 Å². The number of primary amides is 1. The van der Waals surface area contributed by atoms with Gasteiger partial charge >= 0.3 is 6.03 Å². The summed E-state index contributed by atoms with van der Waals surface area (Å²) >= 11 is 1.85. The monoisotopic (exact) mass is 1210 g/mol. The van der Waals surface area contributed by atoms with Gasteiger partial charge < -0.3 is 90.3 Å². The molecular weight excluding hydrogens is 1120 g/mol. The summed E-state index contributed by atoms with van der Waals surface area (Å²) in [6.07, 6.45) is 6.53. The maximum atomic E-state index is 14.4. The van der Waals surface area contributed by atoms with Crippen LogP contribution in [0.25, 0.3) is 0 Å². The number of nitrogens with zero attached hydrogens (tertiary/aromatic N) is 4. The summed E-state index contributed by atoms with van der Waals surface area (Å²) in [5.41, 5.74) is 22.8. The number of amides is 11. The Hall–Kier alpha value is -6.90. The molecule has 31 nitrogen and oxygen atoms in total. The first-order valence-corrected chi connectivity index (χ1v) is 30.0. The zero-order valence-electron chi connectivity index (χ0n) is 48.5. The van der Waals surface area contributed by atoms with Crippen molar-refractivity contribution in [3.63, 3.8) is 0 Å². The minimum Gasteiger partial charge on any atom is -0.377 e. The molecule has 0 aliphatic carbocycles. The van der Waals surface area contributed by atoms with E-state index in [2.05, 4.69) is 68.5 Å². The molecule has 1 unspecified atom stereocenters. The molecule has 2 fully saturated rings. The maximum Gasteiger partial charge on any atom is 0.315 e. The zero-order chi connectivity index (χ0) is 61.4. The standard InChI is InChI=1S/C52H90N18O13S/c1-31(2)25-37-47(76)59-27-42(72)60-32(3)46(75)62-34(45(54)74)11-7-9-19-70-28-33(68-69-70)26-38(50(79)64-35(12-6-8-16-53)48(77)63-36(49(78)65-37)13-10-17-58-51(55)56)61-43(73)29-83-24-23-82-22-21-81-20-18-57-41(71)15-5-4-14-40-44-39(30-84-40)66-52(80)67-44/h28,31-32,34-40,44H,4-27,29-30,53H2,1-3H3,(H2,54,74)(H,57,71)(H,59,76)(H,60,72)(H,61,73)(H,62,75)(H,63,77)(H,64,79)(H,65,78)(H4,55,56,58)(H2,66,67,80)/t32-,34-,35-,36-,37-,38-,39+,40?,44+/m0/s1. The molecule has 0 radical (unpaired) electrons. The Morgan fingerprint density at radius 2 is 1.44 bits per heavy atom. The van der Waals surface area contributed by atoms with E-state index in [0.717, 1.165) is 25.0 Å². The number of hydrogen-bond donors (Lipinski definition) is 14. The normalized spacial score (nSPS) is 24.2. The van der Waals surface area contributed by atoms with E-state index in [4.69, 9.17) is 37.1 Å². The van der Waals surface area contributed by atoms with Crippen LogP contribution in [-0.2, 0) is 70.3 Å². The molecule has 2 bridgehead atoms. The Morgan fingerprint density at radius 1 is 0.762 bits per heavy atom. The smallest absolute Gasteiger partial charge is 0.315 e. The van der Waals surface area contributed by atoms with E-state index in [1.54, 1.807) is 6.20 Å². The van der Waals surface area contributed by atoms with Crippen molar-refractivity contribution < 1.29 is 62.2 Å². The van der Waals surface area contributed by atoms with Gasteiger partial charge in [-0.1, -0.05) is 25.5 Å². The molecule has 2 saturated heterocycles. The van der Waals surface area contributed by atoms with Crippen LogP contribution in [0.4, 0.5) is 4.79 Å². The lowest BCUT2D eigenvalue weighted by Gasteiger charge is -2.27. The van der Waals surface area contributed by atoms with E-state index < -0.39 is 96.7 Å². The average Bonchev–Trinajstić information content (AvgIpc) is 4.28. The number of unbranched alkanes of at least 4 members (excludes halogenated alkanes) is 2. The summed E-state index contributed by atoms with van der Waals surface area (Å²) in [7, 11) is 0.